The van der Waals surface area contributed by atoms with Crippen LogP contribution in [0.25, 0.3) is 0 Å². The molecule has 0 atom stereocenters. The minimum atomic E-state index is 0.110. The number of carbonyl (C=O) groups is 1. The maximum Gasteiger partial charge on any atom is 0.224 e. The van der Waals surface area contributed by atoms with E-state index >= 15 is 0 Å². The Labute approximate surface area is 163 Å². The lowest BCUT2D eigenvalue weighted by molar-refractivity contribution is -0.116. The first kappa shape index (κ1) is 20.1. The number of hydrogen-bond acceptors (Lipinski definition) is 5. The molecule has 0 radical (unpaired) electrons. The fourth-order valence-corrected chi connectivity index (χ4v) is 3.65. The van der Waals surface area contributed by atoms with Gasteiger partial charge >= 0.3 is 0 Å². The third-order valence-corrected chi connectivity index (χ3v) is 5.48. The Kier molecular flexibility index (Phi) is 7.93. The highest BCUT2D eigenvalue weighted by Crippen LogP contribution is 2.20. The van der Waals surface area contributed by atoms with Gasteiger partial charge in [-0.15, -0.1) is 0 Å². The van der Waals surface area contributed by atoms with Crippen molar-refractivity contribution >= 4 is 17.3 Å². The van der Waals surface area contributed by atoms with E-state index in [2.05, 4.69) is 39.1 Å². The van der Waals surface area contributed by atoms with E-state index in [1.54, 1.807) is 0 Å². The predicted octanol–water partition coefficient (Wildman–Crippen LogP) is 2.27. The van der Waals surface area contributed by atoms with E-state index in [0.29, 0.717) is 6.42 Å². The number of nitrogens with one attached hydrogen (secondary N) is 1. The highest BCUT2D eigenvalue weighted by atomic mass is 16.5. The molecule has 1 aromatic rings. The molecular weight excluding hydrogens is 340 g/mol. The Morgan fingerprint density at radius 2 is 1.59 bits per heavy atom. The quantitative estimate of drug-likeness (QED) is 0.756. The molecule has 0 saturated carbocycles. The van der Waals surface area contributed by atoms with Crippen molar-refractivity contribution in [2.24, 2.45) is 0 Å². The molecule has 0 spiro atoms. The van der Waals surface area contributed by atoms with E-state index in [0.717, 1.165) is 84.1 Å². The smallest absolute Gasteiger partial charge is 0.224 e. The van der Waals surface area contributed by atoms with Gasteiger partial charge in [0.05, 0.1) is 13.2 Å². The second kappa shape index (κ2) is 10.6. The number of carbonyl (C=O) groups excluding carboxylic acids is 1. The molecule has 0 bridgehead atoms. The summed E-state index contributed by atoms with van der Waals surface area (Å²) in [6.45, 7) is 12.6. The average Bonchev–Trinajstić information content (AvgIpc) is 2.72. The van der Waals surface area contributed by atoms with Gasteiger partial charge in [-0.1, -0.05) is 13.3 Å². The molecule has 6 heteroatoms. The lowest BCUT2D eigenvalue weighted by Crippen LogP contribution is -2.49. The largest absolute Gasteiger partial charge is 0.379 e. The van der Waals surface area contributed by atoms with Crippen LogP contribution in [0.15, 0.2) is 24.3 Å². The Bertz CT molecular complexity index is 564. The van der Waals surface area contributed by atoms with Gasteiger partial charge in [0.2, 0.25) is 5.91 Å². The number of hydrogen-bond donors (Lipinski definition) is 1. The second-order valence-electron chi connectivity index (χ2n) is 7.48. The molecule has 2 saturated heterocycles. The predicted molar refractivity (Wildman–Crippen MR) is 111 cm³/mol. The molecular formula is C21H34N4O2. The molecule has 2 aliphatic rings. The number of anilines is 2. The lowest BCUT2D eigenvalue weighted by Gasteiger charge is -2.37. The first-order chi connectivity index (χ1) is 13.2. The Morgan fingerprint density at radius 3 is 2.22 bits per heavy atom. The number of morpholine rings is 1. The zero-order valence-corrected chi connectivity index (χ0v) is 16.7. The van der Waals surface area contributed by atoms with E-state index in [1.807, 2.05) is 12.1 Å². The fourth-order valence-electron chi connectivity index (χ4n) is 3.65. The van der Waals surface area contributed by atoms with Crippen molar-refractivity contribution < 1.29 is 9.53 Å². The van der Waals surface area contributed by atoms with Gasteiger partial charge in [-0.25, -0.2) is 0 Å². The van der Waals surface area contributed by atoms with Crippen molar-refractivity contribution in [3.8, 4) is 0 Å². The van der Waals surface area contributed by atoms with Crippen LogP contribution >= 0.6 is 0 Å². The lowest BCUT2D eigenvalue weighted by atomic mass is 10.2. The molecule has 2 heterocycles. The Hall–Kier alpha value is -1.63. The number of nitrogens with zero attached hydrogens (tertiary/aromatic N) is 3. The van der Waals surface area contributed by atoms with Gasteiger partial charge in [0.25, 0.3) is 0 Å². The molecule has 1 amide bonds. The van der Waals surface area contributed by atoms with E-state index in [1.165, 1.54) is 5.69 Å². The van der Waals surface area contributed by atoms with Crippen molar-refractivity contribution in [2.45, 2.75) is 26.2 Å². The summed E-state index contributed by atoms with van der Waals surface area (Å²) in [6.07, 6.45) is 2.59. The molecule has 150 valence electrons. The molecule has 1 aromatic carbocycles. The molecule has 3 rings (SSSR count). The average molecular weight is 375 g/mol. The van der Waals surface area contributed by atoms with Gasteiger partial charge in [-0.05, 0) is 30.7 Å². The van der Waals surface area contributed by atoms with E-state index in [9.17, 15) is 4.79 Å². The van der Waals surface area contributed by atoms with Gasteiger partial charge in [-0.3, -0.25) is 14.6 Å². The summed E-state index contributed by atoms with van der Waals surface area (Å²) in [6, 6.07) is 8.28. The maximum absolute atomic E-state index is 11.8. The summed E-state index contributed by atoms with van der Waals surface area (Å²) in [5, 5.41) is 2.98. The van der Waals surface area contributed by atoms with Crippen LogP contribution in [0.1, 0.15) is 26.2 Å². The van der Waals surface area contributed by atoms with E-state index < -0.39 is 0 Å². The SMILES string of the molecule is CCCCC(=O)Nc1ccc(N2CCN(CCN3CCOCC3)CC2)cc1. The fraction of sp³-hybridized carbons (Fsp3) is 0.667. The third kappa shape index (κ3) is 6.48. The monoisotopic (exact) mass is 374 g/mol. The summed E-state index contributed by atoms with van der Waals surface area (Å²) in [4.78, 5) is 19.3. The number of amides is 1. The number of benzene rings is 1. The van der Waals surface area contributed by atoms with Crippen molar-refractivity contribution in [3.05, 3.63) is 24.3 Å². The minimum absolute atomic E-state index is 0.110. The van der Waals surface area contributed by atoms with Crippen LogP contribution in [0.2, 0.25) is 0 Å². The summed E-state index contributed by atoms with van der Waals surface area (Å²) >= 11 is 0. The van der Waals surface area contributed by atoms with E-state index in [-0.39, 0.29) is 5.91 Å². The normalized spacial score (nSPS) is 19.2. The van der Waals surface area contributed by atoms with E-state index in [4.69, 9.17) is 4.74 Å². The molecule has 2 fully saturated rings. The molecule has 1 N–H and O–H groups in total. The molecule has 2 aliphatic heterocycles. The Balaban J connectivity index is 1.39. The molecule has 6 nitrogen and oxygen atoms in total. The van der Waals surface area contributed by atoms with Gasteiger partial charge in [-0.2, -0.15) is 0 Å². The highest BCUT2D eigenvalue weighted by Gasteiger charge is 2.18. The highest BCUT2D eigenvalue weighted by molar-refractivity contribution is 5.90. The first-order valence-electron chi connectivity index (χ1n) is 10.4. The van der Waals surface area contributed by atoms with Crippen molar-refractivity contribution in [1.29, 1.82) is 0 Å². The van der Waals surface area contributed by atoms with Crippen molar-refractivity contribution in [2.75, 3.05) is 75.8 Å². The third-order valence-electron chi connectivity index (χ3n) is 5.48. The van der Waals surface area contributed by atoms with Crippen LogP contribution in [-0.4, -0.2) is 81.3 Å². The molecule has 0 aliphatic carbocycles. The van der Waals surface area contributed by atoms with Crippen LogP contribution in [0, 0.1) is 0 Å². The second-order valence-corrected chi connectivity index (χ2v) is 7.48. The summed E-state index contributed by atoms with van der Waals surface area (Å²) in [7, 11) is 0. The standard InChI is InChI=1S/C21H34N4O2/c1-2-3-4-21(26)22-19-5-7-20(8-6-19)25-13-11-23(12-14-25)9-10-24-15-17-27-18-16-24/h5-8H,2-4,9-18H2,1H3,(H,22,26). The van der Waals surface area contributed by atoms with Crippen LogP contribution < -0.4 is 10.2 Å². The van der Waals surface area contributed by atoms with Crippen LogP contribution in [-0.2, 0) is 9.53 Å². The number of piperazine rings is 1. The topological polar surface area (TPSA) is 48.1 Å². The van der Waals surface area contributed by atoms with Gasteiger partial charge in [0.15, 0.2) is 0 Å². The molecule has 0 aromatic heterocycles. The first-order valence-corrected chi connectivity index (χ1v) is 10.4. The number of rotatable bonds is 8. The van der Waals surface area contributed by atoms with Crippen molar-refractivity contribution in [3.63, 3.8) is 0 Å². The summed E-state index contributed by atoms with van der Waals surface area (Å²) in [5.74, 6) is 0.110. The van der Waals surface area contributed by atoms with Gasteiger partial charge < -0.3 is 15.0 Å². The Morgan fingerprint density at radius 1 is 0.963 bits per heavy atom. The molecule has 0 unspecified atom stereocenters. The number of unbranched alkanes of at least 4 members (excludes halogenated alkanes) is 1. The van der Waals surface area contributed by atoms with Crippen LogP contribution in [0.5, 0.6) is 0 Å². The zero-order chi connectivity index (χ0) is 18.9. The maximum atomic E-state index is 11.8. The van der Waals surface area contributed by atoms with Gasteiger partial charge in [0.1, 0.15) is 0 Å². The summed E-state index contributed by atoms with van der Waals surface area (Å²) < 4.78 is 5.42. The number of ether oxygens (including phenoxy) is 1. The van der Waals surface area contributed by atoms with Crippen LogP contribution in [0.4, 0.5) is 11.4 Å². The minimum Gasteiger partial charge on any atom is -0.379 e. The zero-order valence-electron chi connectivity index (χ0n) is 16.7. The van der Waals surface area contributed by atoms with Crippen LogP contribution in [0.3, 0.4) is 0 Å². The molecule has 27 heavy (non-hydrogen) atoms. The van der Waals surface area contributed by atoms with Gasteiger partial charge in [0, 0.05) is 70.2 Å². The summed E-state index contributed by atoms with van der Waals surface area (Å²) in [5.41, 5.74) is 2.14. The van der Waals surface area contributed by atoms with Crippen molar-refractivity contribution in [1.82, 2.24) is 9.80 Å².